The second-order valence-corrected chi connectivity index (χ2v) is 6.19. The van der Waals surface area contributed by atoms with Crippen LogP contribution in [0.5, 0.6) is 0 Å². The number of amides is 2. The average Bonchev–Trinajstić information content (AvgIpc) is 2.94. The molecule has 26 heavy (non-hydrogen) atoms. The largest absolute Gasteiger partial charge is 0.478 e. The Bertz CT molecular complexity index is 919. The van der Waals surface area contributed by atoms with Crippen LogP contribution in [0.3, 0.4) is 0 Å². The highest BCUT2D eigenvalue weighted by Crippen LogP contribution is 2.27. The van der Waals surface area contributed by atoms with E-state index in [1.54, 1.807) is 0 Å². The average molecular weight is 360 g/mol. The third-order valence-electron chi connectivity index (χ3n) is 4.26. The Morgan fingerprint density at radius 3 is 2.65 bits per heavy atom. The van der Waals surface area contributed by atoms with Crippen molar-refractivity contribution in [1.29, 1.82) is 0 Å². The molecule has 7 nitrogen and oxygen atoms in total. The Kier molecular flexibility index (Phi) is 4.50. The standard InChI is InChI=1S/C18H17FN2O5/c1-9-12(18(24)25)6-11(26-9)8-21(2)17(23)13-5-10-3-4-16(22)20-15(10)7-14(13)19/h5-7H,3-4,8H2,1-2H3,(H,20,22)(H,24,25). The van der Waals surface area contributed by atoms with Crippen molar-refractivity contribution in [2.75, 3.05) is 12.4 Å². The number of carboxylic acids is 1. The van der Waals surface area contributed by atoms with Crippen LogP contribution in [0.4, 0.5) is 10.1 Å². The number of anilines is 1. The number of halogens is 1. The molecular formula is C18H17FN2O5. The first kappa shape index (κ1) is 17.7. The second kappa shape index (κ2) is 6.62. The predicted octanol–water partition coefficient (Wildman–Crippen LogP) is 2.58. The highest BCUT2D eigenvalue weighted by Gasteiger charge is 2.23. The summed E-state index contributed by atoms with van der Waals surface area (Å²) in [4.78, 5) is 36.3. The Morgan fingerprint density at radius 1 is 1.27 bits per heavy atom. The number of rotatable bonds is 4. The van der Waals surface area contributed by atoms with E-state index in [1.807, 2.05) is 0 Å². The molecule has 1 aromatic carbocycles. The maximum Gasteiger partial charge on any atom is 0.339 e. The van der Waals surface area contributed by atoms with Gasteiger partial charge in [0, 0.05) is 19.2 Å². The summed E-state index contributed by atoms with van der Waals surface area (Å²) in [5, 5.41) is 11.6. The number of fused-ring (bicyclic) bond motifs is 1. The van der Waals surface area contributed by atoms with Gasteiger partial charge in [-0.1, -0.05) is 0 Å². The van der Waals surface area contributed by atoms with Crippen LogP contribution in [0.1, 0.15) is 44.2 Å². The van der Waals surface area contributed by atoms with Gasteiger partial charge in [-0.15, -0.1) is 0 Å². The fourth-order valence-electron chi connectivity index (χ4n) is 2.91. The van der Waals surface area contributed by atoms with Gasteiger partial charge in [0.15, 0.2) is 0 Å². The molecule has 0 saturated carbocycles. The molecule has 0 radical (unpaired) electrons. The first-order valence-electron chi connectivity index (χ1n) is 7.96. The van der Waals surface area contributed by atoms with Crippen LogP contribution in [0, 0.1) is 12.7 Å². The van der Waals surface area contributed by atoms with Gasteiger partial charge in [0.05, 0.1) is 12.1 Å². The molecule has 2 heterocycles. The molecule has 0 atom stereocenters. The SMILES string of the molecule is Cc1oc(CN(C)C(=O)c2cc3c(cc2F)NC(=O)CC3)cc1C(=O)O. The molecule has 1 aliphatic rings. The van der Waals surface area contributed by atoms with Gasteiger partial charge in [-0.25, -0.2) is 9.18 Å². The molecule has 0 bridgehead atoms. The van der Waals surface area contributed by atoms with Crippen LogP contribution in [-0.2, 0) is 17.8 Å². The molecule has 2 amide bonds. The Labute approximate surface area is 148 Å². The van der Waals surface area contributed by atoms with Gasteiger partial charge in [-0.2, -0.15) is 0 Å². The Morgan fingerprint density at radius 2 is 2.00 bits per heavy atom. The topological polar surface area (TPSA) is 99.9 Å². The number of carbonyl (C=O) groups excluding carboxylic acids is 2. The summed E-state index contributed by atoms with van der Waals surface area (Å²) in [5.74, 6) is -2.06. The lowest BCUT2D eigenvalue weighted by molar-refractivity contribution is -0.116. The number of hydrogen-bond acceptors (Lipinski definition) is 4. The highest BCUT2D eigenvalue weighted by molar-refractivity contribution is 5.98. The molecule has 2 N–H and O–H groups in total. The smallest absolute Gasteiger partial charge is 0.339 e. The van der Waals surface area contributed by atoms with Gasteiger partial charge in [0.1, 0.15) is 22.9 Å². The predicted molar refractivity (Wildman–Crippen MR) is 89.6 cm³/mol. The number of carboxylic acid groups (broad SMARTS) is 1. The molecular weight excluding hydrogens is 343 g/mol. The van der Waals surface area contributed by atoms with Crippen molar-refractivity contribution in [3.05, 3.63) is 52.2 Å². The number of benzene rings is 1. The first-order valence-corrected chi connectivity index (χ1v) is 7.96. The zero-order valence-electron chi connectivity index (χ0n) is 14.3. The van der Waals surface area contributed by atoms with Crippen LogP contribution in [0.15, 0.2) is 22.6 Å². The van der Waals surface area contributed by atoms with E-state index in [0.717, 1.165) is 6.07 Å². The van der Waals surface area contributed by atoms with E-state index in [9.17, 15) is 18.8 Å². The van der Waals surface area contributed by atoms with Gasteiger partial charge in [0.25, 0.3) is 5.91 Å². The van der Waals surface area contributed by atoms with Gasteiger partial charge >= 0.3 is 5.97 Å². The van der Waals surface area contributed by atoms with Crippen LogP contribution in [0.25, 0.3) is 0 Å². The third kappa shape index (κ3) is 3.30. The summed E-state index contributed by atoms with van der Waals surface area (Å²) < 4.78 is 19.7. The molecule has 1 aromatic heterocycles. The van der Waals surface area contributed by atoms with Crippen LogP contribution < -0.4 is 5.32 Å². The van der Waals surface area contributed by atoms with Crippen molar-refractivity contribution in [2.45, 2.75) is 26.3 Å². The van der Waals surface area contributed by atoms with Crippen LogP contribution in [0.2, 0.25) is 0 Å². The molecule has 0 saturated heterocycles. The maximum absolute atomic E-state index is 14.3. The zero-order valence-corrected chi connectivity index (χ0v) is 14.3. The summed E-state index contributed by atoms with van der Waals surface area (Å²) in [5.41, 5.74) is 0.996. The van der Waals surface area contributed by atoms with Crippen molar-refractivity contribution >= 4 is 23.5 Å². The quantitative estimate of drug-likeness (QED) is 0.873. The molecule has 0 unspecified atom stereocenters. The lowest BCUT2D eigenvalue weighted by Crippen LogP contribution is -2.28. The first-order chi connectivity index (χ1) is 12.3. The van der Waals surface area contributed by atoms with Crippen LogP contribution in [-0.4, -0.2) is 34.8 Å². The van der Waals surface area contributed by atoms with E-state index in [0.29, 0.717) is 23.4 Å². The summed E-state index contributed by atoms with van der Waals surface area (Å²) in [6.07, 6.45) is 0.719. The normalized spacial score (nSPS) is 13.1. The highest BCUT2D eigenvalue weighted by atomic mass is 19.1. The molecule has 8 heteroatoms. The minimum Gasteiger partial charge on any atom is -0.478 e. The lowest BCUT2D eigenvalue weighted by Gasteiger charge is -2.20. The monoisotopic (exact) mass is 360 g/mol. The van der Waals surface area contributed by atoms with E-state index >= 15 is 0 Å². The number of nitrogens with one attached hydrogen (secondary N) is 1. The number of carbonyl (C=O) groups is 3. The van der Waals surface area contributed by atoms with Crippen molar-refractivity contribution in [1.82, 2.24) is 4.90 Å². The summed E-state index contributed by atoms with van der Waals surface area (Å²) in [6, 6.07) is 3.94. The summed E-state index contributed by atoms with van der Waals surface area (Å²) in [6.45, 7) is 1.52. The molecule has 3 rings (SSSR count). The molecule has 2 aromatic rings. The molecule has 1 aliphatic heterocycles. The molecule has 136 valence electrons. The van der Waals surface area contributed by atoms with E-state index in [1.165, 1.54) is 31.0 Å². The Hall–Kier alpha value is -3.16. The third-order valence-corrected chi connectivity index (χ3v) is 4.26. The van der Waals surface area contributed by atoms with Gasteiger partial charge in [-0.05, 0) is 37.1 Å². The van der Waals surface area contributed by atoms with E-state index < -0.39 is 17.7 Å². The van der Waals surface area contributed by atoms with Gasteiger partial charge in [-0.3, -0.25) is 9.59 Å². The maximum atomic E-state index is 14.3. The van der Waals surface area contributed by atoms with Gasteiger partial charge in [0.2, 0.25) is 5.91 Å². The Balaban J connectivity index is 1.81. The van der Waals surface area contributed by atoms with Crippen molar-refractivity contribution in [2.24, 2.45) is 0 Å². The number of aryl methyl sites for hydroxylation is 2. The fourth-order valence-corrected chi connectivity index (χ4v) is 2.91. The number of furan rings is 1. The van der Waals surface area contributed by atoms with Crippen LogP contribution >= 0.6 is 0 Å². The minimum atomic E-state index is -1.12. The molecule has 0 fully saturated rings. The minimum absolute atomic E-state index is 0.000212. The van der Waals surface area contributed by atoms with Crippen molar-refractivity contribution in [3.8, 4) is 0 Å². The van der Waals surface area contributed by atoms with Gasteiger partial charge < -0.3 is 19.7 Å². The molecule has 0 spiro atoms. The van der Waals surface area contributed by atoms with E-state index in [2.05, 4.69) is 5.32 Å². The van der Waals surface area contributed by atoms with Crippen molar-refractivity contribution in [3.63, 3.8) is 0 Å². The second-order valence-electron chi connectivity index (χ2n) is 6.19. The number of nitrogens with zero attached hydrogens (tertiary/aromatic N) is 1. The fraction of sp³-hybridized carbons (Fsp3) is 0.278. The van der Waals surface area contributed by atoms with E-state index in [4.69, 9.17) is 9.52 Å². The number of aromatic carboxylic acids is 1. The van der Waals surface area contributed by atoms with Crippen molar-refractivity contribution < 1.29 is 28.3 Å². The molecule has 0 aliphatic carbocycles. The summed E-state index contributed by atoms with van der Waals surface area (Å²) >= 11 is 0. The zero-order chi connectivity index (χ0) is 19.0. The van der Waals surface area contributed by atoms with E-state index in [-0.39, 0.29) is 35.8 Å². The summed E-state index contributed by atoms with van der Waals surface area (Å²) in [7, 11) is 1.47. The number of hydrogen-bond donors (Lipinski definition) is 2. The lowest BCUT2D eigenvalue weighted by atomic mass is 9.99.